The Kier molecular flexibility index (Phi) is 4.72. The van der Waals surface area contributed by atoms with Crippen LogP contribution in [0.3, 0.4) is 0 Å². The van der Waals surface area contributed by atoms with Crippen LogP contribution in [-0.4, -0.2) is 18.6 Å². The van der Waals surface area contributed by atoms with Gasteiger partial charge in [-0.1, -0.05) is 11.6 Å². The fourth-order valence-corrected chi connectivity index (χ4v) is 1.83. The van der Waals surface area contributed by atoms with Crippen LogP contribution in [0.25, 0.3) is 0 Å². The summed E-state index contributed by atoms with van der Waals surface area (Å²) in [4.78, 5) is 5.40. The lowest BCUT2D eigenvalue weighted by atomic mass is 10.1. The van der Waals surface area contributed by atoms with E-state index in [4.69, 9.17) is 0 Å². The highest BCUT2D eigenvalue weighted by Gasteiger charge is 1.95. The number of nitrogens with zero attached hydrogens (tertiary/aromatic N) is 1. The number of nitrogens with one attached hydrogen (secondary N) is 1. The average molecular weight is 196 g/mol. The molecule has 1 N–H and O–H groups in total. The van der Waals surface area contributed by atoms with Crippen molar-refractivity contribution in [1.29, 1.82) is 0 Å². The van der Waals surface area contributed by atoms with E-state index < -0.39 is 0 Å². The van der Waals surface area contributed by atoms with Gasteiger partial charge >= 0.3 is 0 Å². The Labute approximate surface area is 83.7 Å². The molecule has 0 amide bonds. The normalized spacial score (nSPS) is 12.0. The number of hydrogen-bond acceptors (Lipinski definition) is 3. The van der Waals surface area contributed by atoms with Crippen molar-refractivity contribution >= 4 is 11.3 Å². The summed E-state index contributed by atoms with van der Waals surface area (Å²) in [6.45, 7) is 3.23. The molecule has 0 aliphatic carbocycles. The molecule has 1 heterocycles. The van der Waals surface area contributed by atoms with Gasteiger partial charge in [-0.05, 0) is 26.9 Å². The van der Waals surface area contributed by atoms with Crippen molar-refractivity contribution in [2.45, 2.75) is 19.8 Å². The summed E-state index contributed by atoms with van der Waals surface area (Å²) in [5, 5.41) is 3.13. The third kappa shape index (κ3) is 4.20. The highest BCUT2D eigenvalue weighted by atomic mass is 32.1. The van der Waals surface area contributed by atoms with Crippen LogP contribution < -0.4 is 5.32 Å². The largest absolute Gasteiger partial charge is 0.319 e. The van der Waals surface area contributed by atoms with Gasteiger partial charge < -0.3 is 5.32 Å². The number of aromatic nitrogens is 1. The molecule has 2 nitrogen and oxygen atoms in total. The van der Waals surface area contributed by atoms with Gasteiger partial charge in [-0.3, -0.25) is 4.98 Å². The van der Waals surface area contributed by atoms with Crippen molar-refractivity contribution in [2.75, 3.05) is 13.6 Å². The molecule has 0 unspecified atom stereocenters. The zero-order valence-corrected chi connectivity index (χ0v) is 9.03. The molecule has 0 saturated carbocycles. The van der Waals surface area contributed by atoms with Crippen molar-refractivity contribution in [3.63, 3.8) is 0 Å². The SMILES string of the molecule is CNCC/C=C(/C)Cc1cncs1. The Balaban J connectivity index is 2.32. The average Bonchev–Trinajstić information content (AvgIpc) is 2.57. The molecule has 0 aromatic carbocycles. The van der Waals surface area contributed by atoms with Crippen LogP contribution in [0.15, 0.2) is 23.4 Å². The van der Waals surface area contributed by atoms with Gasteiger partial charge in [0.1, 0.15) is 0 Å². The van der Waals surface area contributed by atoms with E-state index >= 15 is 0 Å². The standard InChI is InChI=1S/C10H16N2S/c1-9(4-3-5-11-2)6-10-7-12-8-13-10/h4,7-8,11H,3,5-6H2,1-2H3/b9-4-. The predicted octanol–water partition coefficient (Wildman–Crippen LogP) is 2.24. The minimum absolute atomic E-state index is 1.05. The van der Waals surface area contributed by atoms with Gasteiger partial charge in [0, 0.05) is 17.5 Å². The molecule has 1 aromatic rings. The van der Waals surface area contributed by atoms with Gasteiger partial charge in [-0.2, -0.15) is 0 Å². The first-order chi connectivity index (χ1) is 6.33. The predicted molar refractivity (Wildman–Crippen MR) is 58.1 cm³/mol. The van der Waals surface area contributed by atoms with Crippen molar-refractivity contribution in [3.05, 3.63) is 28.2 Å². The quantitative estimate of drug-likeness (QED) is 0.577. The fraction of sp³-hybridized carbons (Fsp3) is 0.500. The molecule has 0 radical (unpaired) electrons. The zero-order chi connectivity index (χ0) is 9.52. The summed E-state index contributed by atoms with van der Waals surface area (Å²) < 4.78 is 0. The van der Waals surface area contributed by atoms with Crippen LogP contribution >= 0.6 is 11.3 Å². The van der Waals surface area contributed by atoms with E-state index in [-0.39, 0.29) is 0 Å². The number of thiazole rings is 1. The number of rotatable bonds is 5. The summed E-state index contributed by atoms with van der Waals surface area (Å²) in [5.41, 5.74) is 3.32. The molecule has 0 saturated heterocycles. The van der Waals surface area contributed by atoms with E-state index in [1.54, 1.807) is 11.3 Å². The molecule has 1 rings (SSSR count). The summed E-state index contributed by atoms with van der Waals surface area (Å²) in [5.74, 6) is 0. The summed E-state index contributed by atoms with van der Waals surface area (Å²) in [7, 11) is 1.98. The van der Waals surface area contributed by atoms with E-state index in [9.17, 15) is 0 Å². The molecule has 72 valence electrons. The molecule has 0 bridgehead atoms. The van der Waals surface area contributed by atoms with E-state index in [0.29, 0.717) is 0 Å². The molecular formula is C10H16N2S. The lowest BCUT2D eigenvalue weighted by Gasteiger charge is -1.98. The Morgan fingerprint density at radius 2 is 2.54 bits per heavy atom. The number of allylic oxidation sites excluding steroid dienone is 1. The van der Waals surface area contributed by atoms with Gasteiger partial charge in [0.25, 0.3) is 0 Å². The lowest BCUT2D eigenvalue weighted by Crippen LogP contribution is -2.06. The molecule has 0 fully saturated rings. The zero-order valence-electron chi connectivity index (χ0n) is 8.21. The van der Waals surface area contributed by atoms with Gasteiger partial charge in [0.15, 0.2) is 0 Å². The first-order valence-electron chi connectivity index (χ1n) is 4.50. The molecule has 0 aliphatic rings. The maximum Gasteiger partial charge on any atom is 0.0794 e. The van der Waals surface area contributed by atoms with Crippen molar-refractivity contribution in [2.24, 2.45) is 0 Å². The minimum Gasteiger partial charge on any atom is -0.319 e. The van der Waals surface area contributed by atoms with Crippen molar-refractivity contribution in [3.8, 4) is 0 Å². The van der Waals surface area contributed by atoms with Crippen molar-refractivity contribution < 1.29 is 0 Å². The smallest absolute Gasteiger partial charge is 0.0794 e. The second-order valence-electron chi connectivity index (χ2n) is 3.09. The second-order valence-corrected chi connectivity index (χ2v) is 4.06. The fourth-order valence-electron chi connectivity index (χ4n) is 1.14. The maximum absolute atomic E-state index is 4.05. The first kappa shape index (κ1) is 10.4. The van der Waals surface area contributed by atoms with E-state index in [1.807, 2.05) is 18.8 Å². The molecule has 0 spiro atoms. The van der Waals surface area contributed by atoms with Crippen LogP contribution in [-0.2, 0) is 6.42 Å². The maximum atomic E-state index is 4.05. The Bertz CT molecular complexity index is 252. The van der Waals surface area contributed by atoms with Gasteiger partial charge in [-0.25, -0.2) is 0 Å². The third-order valence-electron chi connectivity index (χ3n) is 1.82. The monoisotopic (exact) mass is 196 g/mol. The first-order valence-corrected chi connectivity index (χ1v) is 5.38. The molecule has 0 atom stereocenters. The molecule has 0 aliphatic heterocycles. The van der Waals surface area contributed by atoms with Crippen LogP contribution in [0, 0.1) is 0 Å². The highest BCUT2D eigenvalue weighted by molar-refractivity contribution is 7.09. The van der Waals surface area contributed by atoms with Gasteiger partial charge in [0.2, 0.25) is 0 Å². The minimum atomic E-state index is 1.05. The summed E-state index contributed by atoms with van der Waals surface area (Å²) in [6.07, 6.45) is 6.39. The Morgan fingerprint density at radius 1 is 1.69 bits per heavy atom. The summed E-state index contributed by atoms with van der Waals surface area (Å²) in [6, 6.07) is 0. The van der Waals surface area contributed by atoms with E-state index in [2.05, 4.69) is 23.3 Å². The molecular weight excluding hydrogens is 180 g/mol. The number of hydrogen-bond donors (Lipinski definition) is 1. The third-order valence-corrected chi connectivity index (χ3v) is 2.60. The Hall–Kier alpha value is -0.670. The van der Waals surface area contributed by atoms with Gasteiger partial charge in [-0.15, -0.1) is 11.3 Å². The lowest BCUT2D eigenvalue weighted by molar-refractivity contribution is 0.803. The van der Waals surface area contributed by atoms with Crippen LogP contribution in [0.1, 0.15) is 18.2 Å². The second kappa shape index (κ2) is 5.89. The van der Waals surface area contributed by atoms with E-state index in [1.165, 1.54) is 10.5 Å². The molecule has 3 heteroatoms. The molecule has 13 heavy (non-hydrogen) atoms. The Morgan fingerprint density at radius 3 is 3.15 bits per heavy atom. The van der Waals surface area contributed by atoms with Crippen LogP contribution in [0.5, 0.6) is 0 Å². The van der Waals surface area contributed by atoms with Gasteiger partial charge in [0.05, 0.1) is 5.51 Å². The topological polar surface area (TPSA) is 24.9 Å². The van der Waals surface area contributed by atoms with Crippen molar-refractivity contribution in [1.82, 2.24) is 10.3 Å². The molecule has 1 aromatic heterocycles. The summed E-state index contributed by atoms with van der Waals surface area (Å²) >= 11 is 1.72. The highest BCUT2D eigenvalue weighted by Crippen LogP contribution is 2.11. The van der Waals surface area contributed by atoms with Crippen LogP contribution in [0.4, 0.5) is 0 Å². The van der Waals surface area contributed by atoms with Crippen LogP contribution in [0.2, 0.25) is 0 Å². The van der Waals surface area contributed by atoms with E-state index in [0.717, 1.165) is 19.4 Å².